The molecule has 2 N–H and O–H groups in total. The summed E-state index contributed by atoms with van der Waals surface area (Å²) in [7, 11) is 1.71. The Hall–Kier alpha value is -0.350. The first-order valence-corrected chi connectivity index (χ1v) is 5.68. The molecule has 14 heavy (non-hydrogen) atoms. The Bertz CT molecular complexity index is 153. The molecule has 0 aromatic carbocycles. The third-order valence-electron chi connectivity index (χ3n) is 2.01. The van der Waals surface area contributed by atoms with E-state index in [2.05, 4.69) is 24.5 Å². The van der Waals surface area contributed by atoms with Gasteiger partial charge in [0.1, 0.15) is 0 Å². The highest BCUT2D eigenvalue weighted by Crippen LogP contribution is 1.91. The van der Waals surface area contributed by atoms with Crippen LogP contribution in [0.25, 0.3) is 0 Å². The summed E-state index contributed by atoms with van der Waals surface area (Å²) >= 11 is 5.15. The van der Waals surface area contributed by atoms with Gasteiger partial charge in [-0.15, -0.1) is 0 Å². The number of nitrogens with one attached hydrogen (secondary N) is 2. The smallest absolute Gasteiger partial charge is 0.166 e. The average Bonchev–Trinajstić information content (AvgIpc) is 2.17. The Kier molecular flexibility index (Phi) is 8.98. The van der Waals surface area contributed by atoms with Crippen molar-refractivity contribution in [1.82, 2.24) is 10.6 Å². The van der Waals surface area contributed by atoms with E-state index in [1.165, 1.54) is 6.42 Å². The summed E-state index contributed by atoms with van der Waals surface area (Å²) in [6, 6.07) is 0.321. The number of unbranched alkanes of at least 4 members (excludes halogenated alkanes) is 1. The van der Waals surface area contributed by atoms with E-state index in [1.54, 1.807) is 7.11 Å². The van der Waals surface area contributed by atoms with Gasteiger partial charge in [-0.1, -0.05) is 20.3 Å². The Morgan fingerprint density at radius 3 is 2.64 bits per heavy atom. The highest BCUT2D eigenvalue weighted by Gasteiger charge is 2.05. The Balaban J connectivity index is 3.56. The maximum Gasteiger partial charge on any atom is 0.166 e. The first kappa shape index (κ1) is 13.7. The highest BCUT2D eigenvalue weighted by molar-refractivity contribution is 7.80. The molecule has 0 aliphatic heterocycles. The summed E-state index contributed by atoms with van der Waals surface area (Å²) < 4.78 is 5.07. The van der Waals surface area contributed by atoms with Gasteiger partial charge < -0.3 is 15.4 Å². The number of rotatable bonds is 7. The van der Waals surface area contributed by atoms with E-state index in [0.29, 0.717) is 12.6 Å². The zero-order chi connectivity index (χ0) is 10.8. The van der Waals surface area contributed by atoms with Gasteiger partial charge in [-0.2, -0.15) is 0 Å². The summed E-state index contributed by atoms with van der Waals surface area (Å²) in [5.41, 5.74) is 0. The van der Waals surface area contributed by atoms with Crippen molar-refractivity contribution in [3.63, 3.8) is 0 Å². The van der Waals surface area contributed by atoms with Crippen LogP contribution in [0.4, 0.5) is 0 Å². The number of thiocarbonyl (C=S) groups is 1. The van der Waals surface area contributed by atoms with Gasteiger partial charge in [0.15, 0.2) is 5.11 Å². The van der Waals surface area contributed by atoms with Crippen molar-refractivity contribution in [3.8, 4) is 0 Å². The Morgan fingerprint density at radius 2 is 2.14 bits per heavy atom. The van der Waals surface area contributed by atoms with Gasteiger partial charge in [0.2, 0.25) is 0 Å². The molecule has 0 heterocycles. The van der Waals surface area contributed by atoms with Gasteiger partial charge in [0, 0.05) is 13.7 Å². The quantitative estimate of drug-likeness (QED) is 0.503. The second-order valence-electron chi connectivity index (χ2n) is 3.31. The normalized spacial score (nSPS) is 12.2. The van der Waals surface area contributed by atoms with Crippen molar-refractivity contribution >= 4 is 17.3 Å². The summed E-state index contributed by atoms with van der Waals surface area (Å²) in [6.07, 6.45) is 3.36. The van der Waals surface area contributed by atoms with Crippen LogP contribution < -0.4 is 10.6 Å². The standard InChI is InChI=1S/C10H22N2OS/c1-4-6-7-11-10(14)12-9(5-2)8-13-3/h9H,4-8H2,1-3H3,(H2,11,12,14). The fourth-order valence-corrected chi connectivity index (χ4v) is 1.35. The van der Waals surface area contributed by atoms with E-state index >= 15 is 0 Å². The van der Waals surface area contributed by atoms with Crippen LogP contribution >= 0.6 is 12.2 Å². The van der Waals surface area contributed by atoms with Gasteiger partial charge in [0.25, 0.3) is 0 Å². The van der Waals surface area contributed by atoms with Gasteiger partial charge in [0.05, 0.1) is 12.6 Å². The van der Waals surface area contributed by atoms with Crippen molar-refractivity contribution in [2.24, 2.45) is 0 Å². The summed E-state index contributed by atoms with van der Waals surface area (Å²) in [5.74, 6) is 0. The average molecular weight is 218 g/mol. The van der Waals surface area contributed by atoms with E-state index in [1.807, 2.05) is 0 Å². The molecule has 0 rings (SSSR count). The van der Waals surface area contributed by atoms with Crippen LogP contribution in [0.1, 0.15) is 33.1 Å². The SMILES string of the molecule is CCCCNC(=S)NC(CC)COC. The molecular weight excluding hydrogens is 196 g/mol. The van der Waals surface area contributed by atoms with Crippen LogP contribution in [0, 0.1) is 0 Å². The Morgan fingerprint density at radius 1 is 1.43 bits per heavy atom. The lowest BCUT2D eigenvalue weighted by Crippen LogP contribution is -2.43. The zero-order valence-electron chi connectivity index (χ0n) is 9.43. The first-order valence-electron chi connectivity index (χ1n) is 5.27. The molecule has 1 atom stereocenters. The van der Waals surface area contributed by atoms with E-state index in [4.69, 9.17) is 17.0 Å². The Labute approximate surface area is 92.6 Å². The molecule has 0 aliphatic carbocycles. The summed E-state index contributed by atoms with van der Waals surface area (Å²) in [5, 5.41) is 7.13. The van der Waals surface area contributed by atoms with Crippen LogP contribution in [-0.2, 0) is 4.74 Å². The summed E-state index contributed by atoms with van der Waals surface area (Å²) in [6.45, 7) is 5.93. The summed E-state index contributed by atoms with van der Waals surface area (Å²) in [4.78, 5) is 0. The second-order valence-corrected chi connectivity index (χ2v) is 3.72. The molecule has 1 unspecified atom stereocenters. The van der Waals surface area contributed by atoms with Crippen molar-refractivity contribution in [2.45, 2.75) is 39.2 Å². The third-order valence-corrected chi connectivity index (χ3v) is 2.27. The van der Waals surface area contributed by atoms with Crippen LogP contribution in [0.2, 0.25) is 0 Å². The van der Waals surface area contributed by atoms with Crippen LogP contribution in [0.15, 0.2) is 0 Å². The van der Waals surface area contributed by atoms with Gasteiger partial charge in [-0.25, -0.2) is 0 Å². The fraction of sp³-hybridized carbons (Fsp3) is 0.900. The minimum absolute atomic E-state index is 0.321. The molecule has 0 fully saturated rings. The number of methoxy groups -OCH3 is 1. The van der Waals surface area contributed by atoms with Crippen LogP contribution in [0.3, 0.4) is 0 Å². The van der Waals surface area contributed by atoms with Crippen molar-refractivity contribution in [2.75, 3.05) is 20.3 Å². The van der Waals surface area contributed by atoms with Gasteiger partial charge in [-0.05, 0) is 25.1 Å². The van der Waals surface area contributed by atoms with Gasteiger partial charge >= 0.3 is 0 Å². The predicted molar refractivity (Wildman–Crippen MR) is 64.6 cm³/mol. The molecule has 3 nitrogen and oxygen atoms in total. The monoisotopic (exact) mass is 218 g/mol. The van der Waals surface area contributed by atoms with E-state index in [9.17, 15) is 0 Å². The van der Waals surface area contributed by atoms with Crippen LogP contribution in [0.5, 0.6) is 0 Å². The van der Waals surface area contributed by atoms with Crippen LogP contribution in [-0.4, -0.2) is 31.4 Å². The largest absolute Gasteiger partial charge is 0.383 e. The predicted octanol–water partition coefficient (Wildman–Crippen LogP) is 1.68. The van der Waals surface area contributed by atoms with E-state index < -0.39 is 0 Å². The lowest BCUT2D eigenvalue weighted by molar-refractivity contribution is 0.172. The molecule has 0 saturated carbocycles. The van der Waals surface area contributed by atoms with Gasteiger partial charge in [-0.3, -0.25) is 0 Å². The van der Waals surface area contributed by atoms with Crippen molar-refractivity contribution in [1.29, 1.82) is 0 Å². The fourth-order valence-electron chi connectivity index (χ4n) is 1.08. The first-order chi connectivity index (χ1) is 6.74. The minimum Gasteiger partial charge on any atom is -0.383 e. The number of hydrogen-bond donors (Lipinski definition) is 2. The zero-order valence-corrected chi connectivity index (χ0v) is 10.2. The molecule has 0 bridgehead atoms. The number of hydrogen-bond acceptors (Lipinski definition) is 2. The highest BCUT2D eigenvalue weighted by atomic mass is 32.1. The topological polar surface area (TPSA) is 33.3 Å². The molecule has 0 amide bonds. The molecule has 0 saturated heterocycles. The van der Waals surface area contributed by atoms with Crippen molar-refractivity contribution in [3.05, 3.63) is 0 Å². The maximum atomic E-state index is 5.15. The minimum atomic E-state index is 0.321. The second kappa shape index (κ2) is 9.21. The maximum absolute atomic E-state index is 5.15. The lowest BCUT2D eigenvalue weighted by atomic mass is 10.2. The molecule has 0 spiro atoms. The molecule has 0 aromatic heterocycles. The molecule has 0 radical (unpaired) electrons. The van der Waals surface area contributed by atoms with Crippen molar-refractivity contribution < 1.29 is 4.74 Å². The lowest BCUT2D eigenvalue weighted by Gasteiger charge is -2.18. The molecule has 0 aromatic rings. The molecular formula is C10H22N2OS. The molecule has 84 valence electrons. The van der Waals surface area contributed by atoms with E-state index in [0.717, 1.165) is 24.5 Å². The molecule has 4 heteroatoms. The number of ether oxygens (including phenoxy) is 1. The van der Waals surface area contributed by atoms with E-state index in [-0.39, 0.29) is 0 Å². The third kappa shape index (κ3) is 7.09. The molecule has 0 aliphatic rings.